The zero-order valence-electron chi connectivity index (χ0n) is 12.3. The number of nitrogens with zero attached hydrogens (tertiary/aromatic N) is 2. The highest BCUT2D eigenvalue weighted by molar-refractivity contribution is 7.13. The van der Waals surface area contributed by atoms with E-state index in [9.17, 15) is 13.2 Å². The molecule has 1 aromatic carbocycles. The fraction of sp³-hybridized carbons (Fsp3) is 0.250. The lowest BCUT2D eigenvalue weighted by atomic mass is 10.1. The van der Waals surface area contributed by atoms with Gasteiger partial charge in [-0.15, -0.1) is 11.3 Å². The van der Waals surface area contributed by atoms with Crippen LogP contribution in [0.25, 0.3) is 21.6 Å². The third kappa shape index (κ3) is 3.05. The highest BCUT2D eigenvalue weighted by Gasteiger charge is 2.34. The van der Waals surface area contributed by atoms with Crippen LogP contribution >= 0.6 is 22.9 Å². The van der Waals surface area contributed by atoms with Crippen LogP contribution in [0.3, 0.4) is 0 Å². The van der Waals surface area contributed by atoms with Crippen molar-refractivity contribution in [2.24, 2.45) is 0 Å². The van der Waals surface area contributed by atoms with Gasteiger partial charge in [0.1, 0.15) is 5.01 Å². The molecule has 0 radical (unpaired) electrons. The van der Waals surface area contributed by atoms with Crippen LogP contribution in [-0.2, 0) is 6.18 Å². The fourth-order valence-electron chi connectivity index (χ4n) is 2.16. The van der Waals surface area contributed by atoms with Gasteiger partial charge in [-0.1, -0.05) is 37.6 Å². The van der Waals surface area contributed by atoms with Crippen molar-refractivity contribution in [3.8, 4) is 10.7 Å². The molecule has 7 heteroatoms. The van der Waals surface area contributed by atoms with E-state index in [-0.39, 0.29) is 16.5 Å². The van der Waals surface area contributed by atoms with E-state index in [1.165, 1.54) is 17.4 Å². The molecule has 0 aliphatic carbocycles. The first-order valence-electron chi connectivity index (χ1n) is 6.89. The molecular formula is C16H12ClF3N2S. The van der Waals surface area contributed by atoms with E-state index in [2.05, 4.69) is 9.97 Å². The van der Waals surface area contributed by atoms with Gasteiger partial charge in [0.25, 0.3) is 0 Å². The van der Waals surface area contributed by atoms with Crippen LogP contribution in [0.1, 0.15) is 31.0 Å². The molecule has 0 spiro atoms. The third-order valence-electron chi connectivity index (χ3n) is 3.44. The molecule has 0 amide bonds. The molecule has 23 heavy (non-hydrogen) atoms. The second-order valence-electron chi connectivity index (χ2n) is 5.43. The van der Waals surface area contributed by atoms with Crippen molar-refractivity contribution in [1.82, 2.24) is 9.97 Å². The molecule has 0 fully saturated rings. The van der Waals surface area contributed by atoms with Crippen molar-refractivity contribution >= 4 is 33.8 Å². The maximum atomic E-state index is 13.0. The first-order valence-corrected chi connectivity index (χ1v) is 8.15. The van der Waals surface area contributed by atoms with Gasteiger partial charge in [0.05, 0.1) is 27.5 Å². The van der Waals surface area contributed by atoms with Gasteiger partial charge in [-0.05, 0) is 18.1 Å². The lowest BCUT2D eigenvalue weighted by Crippen LogP contribution is -2.06. The number of pyridine rings is 1. The molecule has 0 aliphatic heterocycles. The Bertz CT molecular complexity index is 871. The summed E-state index contributed by atoms with van der Waals surface area (Å²) in [6.07, 6.45) is -4.51. The average molecular weight is 357 g/mol. The van der Waals surface area contributed by atoms with Crippen LogP contribution in [0.5, 0.6) is 0 Å². The Morgan fingerprint density at radius 1 is 1.09 bits per heavy atom. The minimum atomic E-state index is -4.51. The van der Waals surface area contributed by atoms with Crippen molar-refractivity contribution in [2.45, 2.75) is 25.9 Å². The standard InChI is InChI=1S/C16H12ClF3N2S/c1-8(2)12-7-23-15(22-12)11-6-4-9-3-5-10(16(18,19)20)13(17)14(9)21-11/h3-8H,1-2H3. The predicted octanol–water partition coefficient (Wildman–Crippen LogP) is 6.15. The lowest BCUT2D eigenvalue weighted by molar-refractivity contribution is -0.137. The van der Waals surface area contributed by atoms with Crippen LogP contribution in [0.15, 0.2) is 29.6 Å². The number of benzene rings is 1. The first kappa shape index (κ1) is 16.2. The van der Waals surface area contributed by atoms with E-state index in [0.717, 1.165) is 11.8 Å². The normalized spacial score (nSPS) is 12.3. The summed E-state index contributed by atoms with van der Waals surface area (Å²) in [7, 11) is 0. The van der Waals surface area contributed by atoms with Crippen molar-refractivity contribution in [3.05, 3.63) is 45.9 Å². The molecule has 0 unspecified atom stereocenters. The van der Waals surface area contributed by atoms with Crippen LogP contribution in [0.4, 0.5) is 13.2 Å². The number of fused-ring (bicyclic) bond motifs is 1. The molecule has 120 valence electrons. The van der Waals surface area contributed by atoms with Crippen LogP contribution < -0.4 is 0 Å². The lowest BCUT2D eigenvalue weighted by Gasteiger charge is -2.11. The van der Waals surface area contributed by atoms with Crippen molar-refractivity contribution in [1.29, 1.82) is 0 Å². The summed E-state index contributed by atoms with van der Waals surface area (Å²) < 4.78 is 38.9. The number of halogens is 4. The molecule has 0 saturated heterocycles. The van der Waals surface area contributed by atoms with Gasteiger partial charge in [0, 0.05) is 10.8 Å². The van der Waals surface area contributed by atoms with Gasteiger partial charge in [0.2, 0.25) is 0 Å². The molecular weight excluding hydrogens is 345 g/mol. The smallest absolute Gasteiger partial charge is 0.244 e. The zero-order valence-corrected chi connectivity index (χ0v) is 13.9. The van der Waals surface area contributed by atoms with Crippen LogP contribution in [-0.4, -0.2) is 9.97 Å². The van der Waals surface area contributed by atoms with Crippen molar-refractivity contribution in [3.63, 3.8) is 0 Å². The second-order valence-corrected chi connectivity index (χ2v) is 6.66. The molecule has 0 saturated carbocycles. The maximum absolute atomic E-state index is 13.0. The summed E-state index contributed by atoms with van der Waals surface area (Å²) in [5.41, 5.74) is 0.719. The molecule has 2 heterocycles. The van der Waals surface area contributed by atoms with Gasteiger partial charge in [-0.3, -0.25) is 0 Å². The summed E-state index contributed by atoms with van der Waals surface area (Å²) in [6.45, 7) is 4.05. The average Bonchev–Trinajstić information content (AvgIpc) is 2.96. The van der Waals surface area contributed by atoms with E-state index in [4.69, 9.17) is 11.6 Å². The second kappa shape index (κ2) is 5.76. The quantitative estimate of drug-likeness (QED) is 0.550. The fourth-order valence-corrected chi connectivity index (χ4v) is 3.43. The molecule has 3 aromatic rings. The Hall–Kier alpha value is -1.66. The number of hydrogen-bond acceptors (Lipinski definition) is 3. The van der Waals surface area contributed by atoms with E-state index in [1.54, 1.807) is 12.1 Å². The minimum absolute atomic E-state index is 0.139. The van der Waals surface area contributed by atoms with E-state index in [1.807, 2.05) is 19.2 Å². The van der Waals surface area contributed by atoms with Gasteiger partial charge < -0.3 is 0 Å². The summed E-state index contributed by atoms with van der Waals surface area (Å²) in [6, 6.07) is 5.81. The number of alkyl halides is 3. The minimum Gasteiger partial charge on any atom is -0.244 e. The third-order valence-corrected chi connectivity index (χ3v) is 4.70. The van der Waals surface area contributed by atoms with Gasteiger partial charge in [0.15, 0.2) is 0 Å². The largest absolute Gasteiger partial charge is 0.417 e. The number of thiazole rings is 1. The molecule has 3 rings (SSSR count). The summed E-state index contributed by atoms with van der Waals surface area (Å²) >= 11 is 7.36. The topological polar surface area (TPSA) is 25.8 Å². The molecule has 0 atom stereocenters. The summed E-state index contributed by atoms with van der Waals surface area (Å²) in [4.78, 5) is 8.79. The highest BCUT2D eigenvalue weighted by atomic mass is 35.5. The number of rotatable bonds is 2. The first-order chi connectivity index (χ1) is 10.8. The van der Waals surface area contributed by atoms with Crippen LogP contribution in [0.2, 0.25) is 5.02 Å². The van der Waals surface area contributed by atoms with Gasteiger partial charge in [-0.2, -0.15) is 13.2 Å². The molecule has 0 aliphatic rings. The van der Waals surface area contributed by atoms with Crippen molar-refractivity contribution < 1.29 is 13.2 Å². The SMILES string of the molecule is CC(C)c1csc(-c2ccc3ccc(C(F)(F)F)c(Cl)c3n2)n1. The molecule has 2 aromatic heterocycles. The Balaban J connectivity index is 2.15. The number of hydrogen-bond donors (Lipinski definition) is 0. The highest BCUT2D eigenvalue weighted by Crippen LogP contribution is 2.38. The van der Waals surface area contributed by atoms with Crippen LogP contribution in [0, 0.1) is 0 Å². The Labute approximate surface area is 140 Å². The van der Waals surface area contributed by atoms with Crippen molar-refractivity contribution in [2.75, 3.05) is 0 Å². The molecule has 0 bridgehead atoms. The summed E-state index contributed by atoms with van der Waals surface area (Å²) in [5, 5.41) is 2.79. The summed E-state index contributed by atoms with van der Waals surface area (Å²) in [5.74, 6) is 0.279. The Morgan fingerprint density at radius 3 is 2.39 bits per heavy atom. The van der Waals surface area contributed by atoms with Gasteiger partial charge in [-0.25, -0.2) is 9.97 Å². The predicted molar refractivity (Wildman–Crippen MR) is 87.0 cm³/mol. The maximum Gasteiger partial charge on any atom is 0.417 e. The molecule has 2 nitrogen and oxygen atoms in total. The van der Waals surface area contributed by atoms with E-state index >= 15 is 0 Å². The van der Waals surface area contributed by atoms with Gasteiger partial charge >= 0.3 is 6.18 Å². The molecule has 0 N–H and O–H groups in total. The van der Waals surface area contributed by atoms with E-state index in [0.29, 0.717) is 16.1 Å². The monoisotopic (exact) mass is 356 g/mol. The Morgan fingerprint density at radius 2 is 1.78 bits per heavy atom. The Kier molecular flexibility index (Phi) is 4.06. The zero-order chi connectivity index (χ0) is 16.8. The van der Waals surface area contributed by atoms with E-state index < -0.39 is 11.7 Å². The number of aromatic nitrogens is 2.